The minimum Gasteiger partial charge on any atom is -0.550 e. The molecular weight excluding hydrogens is 190 g/mol. The van der Waals surface area contributed by atoms with E-state index in [1.807, 2.05) is 0 Å². The Kier molecular flexibility index (Phi) is 3.07. The number of ether oxygens (including phenoxy) is 2. The van der Waals surface area contributed by atoms with Crippen LogP contribution in [-0.4, -0.2) is 30.9 Å². The van der Waals surface area contributed by atoms with Gasteiger partial charge >= 0.3 is 0 Å². The van der Waals surface area contributed by atoms with Crippen LogP contribution >= 0.6 is 0 Å². The van der Waals surface area contributed by atoms with Crippen LogP contribution in [0.3, 0.4) is 0 Å². The lowest BCUT2D eigenvalue weighted by molar-refractivity contribution is -0.325. The number of rotatable bonds is 4. The maximum absolute atomic E-state index is 10.7. The summed E-state index contributed by atoms with van der Waals surface area (Å²) < 4.78 is 10.3. The summed E-state index contributed by atoms with van der Waals surface area (Å²) in [5.74, 6) is -4.46. The summed E-state index contributed by atoms with van der Waals surface area (Å²) >= 11 is 0. The van der Waals surface area contributed by atoms with Crippen LogP contribution in [0.2, 0.25) is 0 Å². The van der Waals surface area contributed by atoms with Crippen molar-refractivity contribution < 1.29 is 24.2 Å². The van der Waals surface area contributed by atoms with E-state index in [0.717, 1.165) is 0 Å². The second-order valence-corrected chi connectivity index (χ2v) is 3.19. The highest BCUT2D eigenvalue weighted by Gasteiger charge is 2.44. The third kappa shape index (κ3) is 2.02. The van der Waals surface area contributed by atoms with E-state index in [2.05, 4.69) is 0 Å². The first-order valence-corrected chi connectivity index (χ1v) is 4.25. The van der Waals surface area contributed by atoms with Gasteiger partial charge < -0.3 is 25.1 Å². The molecule has 0 aromatic heterocycles. The Balaban J connectivity index is 2.80. The molecule has 0 aromatic rings. The number of hydrogen-bond acceptors (Lipinski definition) is 5. The van der Waals surface area contributed by atoms with Crippen molar-refractivity contribution in [1.82, 2.24) is 0 Å². The zero-order valence-electron chi connectivity index (χ0n) is 7.82. The molecule has 0 bridgehead atoms. The van der Waals surface area contributed by atoms with Crippen molar-refractivity contribution in [2.24, 2.45) is 11.7 Å². The summed E-state index contributed by atoms with van der Waals surface area (Å²) in [6.07, 6.45) is -0.276. The summed E-state index contributed by atoms with van der Waals surface area (Å²) in [7, 11) is 0. The number of primary amides is 1. The van der Waals surface area contributed by atoms with Gasteiger partial charge in [-0.05, 0) is 0 Å². The van der Waals surface area contributed by atoms with Gasteiger partial charge in [0.05, 0.1) is 25.6 Å². The Morgan fingerprint density at radius 3 is 2.36 bits per heavy atom. The molecule has 1 saturated heterocycles. The third-order valence-corrected chi connectivity index (χ3v) is 2.21. The number of carboxylic acid groups (broad SMARTS) is 1. The molecule has 2 N–H and O–H groups in total. The minimum atomic E-state index is -1.44. The minimum absolute atomic E-state index is 0.255. The highest BCUT2D eigenvalue weighted by molar-refractivity contribution is 5.77. The standard InChI is InChI=1S/C8H13NO5/c1-5(7(11)12)8(4-6(9)10)13-2-3-14-8/h5H,2-4H2,1H3,(H2,9,10)(H,11,12)/p-1. The molecule has 0 aromatic carbocycles. The summed E-state index contributed by atoms with van der Waals surface area (Å²) in [6.45, 7) is 1.87. The number of carbonyl (C=O) groups excluding carboxylic acids is 2. The molecule has 1 unspecified atom stereocenters. The Bertz CT molecular complexity index is 246. The van der Waals surface area contributed by atoms with Crippen LogP contribution in [0.5, 0.6) is 0 Å². The summed E-state index contributed by atoms with van der Waals surface area (Å²) in [5.41, 5.74) is 4.98. The van der Waals surface area contributed by atoms with Crippen molar-refractivity contribution in [2.75, 3.05) is 13.2 Å². The first-order valence-electron chi connectivity index (χ1n) is 4.25. The maximum Gasteiger partial charge on any atom is 0.222 e. The van der Waals surface area contributed by atoms with E-state index in [0.29, 0.717) is 0 Å². The molecule has 14 heavy (non-hydrogen) atoms. The van der Waals surface area contributed by atoms with Gasteiger partial charge in [-0.2, -0.15) is 0 Å². The molecule has 1 aliphatic heterocycles. The molecule has 1 aliphatic rings. The van der Waals surface area contributed by atoms with Gasteiger partial charge in [-0.15, -0.1) is 0 Å². The van der Waals surface area contributed by atoms with Crippen LogP contribution in [0.25, 0.3) is 0 Å². The highest BCUT2D eigenvalue weighted by atomic mass is 16.7. The van der Waals surface area contributed by atoms with Crippen LogP contribution < -0.4 is 10.8 Å². The summed E-state index contributed by atoms with van der Waals surface area (Å²) in [5, 5.41) is 10.6. The normalized spacial score (nSPS) is 21.8. The first kappa shape index (κ1) is 10.9. The van der Waals surface area contributed by atoms with E-state index in [4.69, 9.17) is 15.2 Å². The number of carbonyl (C=O) groups is 2. The number of amides is 1. The lowest BCUT2D eigenvalue weighted by Crippen LogP contribution is -2.49. The van der Waals surface area contributed by atoms with Gasteiger partial charge in [-0.25, -0.2) is 0 Å². The van der Waals surface area contributed by atoms with E-state index in [9.17, 15) is 14.7 Å². The number of hydrogen-bond donors (Lipinski definition) is 1. The Hall–Kier alpha value is -1.14. The van der Waals surface area contributed by atoms with E-state index >= 15 is 0 Å². The predicted octanol–water partition coefficient (Wildman–Crippen LogP) is -2.01. The second kappa shape index (κ2) is 3.93. The monoisotopic (exact) mass is 202 g/mol. The Morgan fingerprint density at radius 1 is 1.50 bits per heavy atom. The molecule has 1 atom stereocenters. The average molecular weight is 202 g/mol. The van der Waals surface area contributed by atoms with Gasteiger partial charge in [-0.1, -0.05) is 6.92 Å². The topological polar surface area (TPSA) is 102 Å². The molecule has 6 heteroatoms. The van der Waals surface area contributed by atoms with Crippen molar-refractivity contribution in [1.29, 1.82) is 0 Å². The van der Waals surface area contributed by atoms with E-state index < -0.39 is 23.6 Å². The molecule has 0 saturated carbocycles. The molecule has 0 radical (unpaired) electrons. The van der Waals surface area contributed by atoms with E-state index in [1.165, 1.54) is 6.92 Å². The number of carboxylic acids is 1. The average Bonchev–Trinajstić information content (AvgIpc) is 2.51. The van der Waals surface area contributed by atoms with Crippen LogP contribution in [0.15, 0.2) is 0 Å². The Morgan fingerprint density at radius 2 is 2.00 bits per heavy atom. The Labute approximate surface area is 81.0 Å². The summed E-state index contributed by atoms with van der Waals surface area (Å²) in [4.78, 5) is 21.4. The molecule has 1 heterocycles. The first-order chi connectivity index (χ1) is 6.48. The largest absolute Gasteiger partial charge is 0.550 e. The number of aliphatic carboxylic acids is 1. The van der Waals surface area contributed by atoms with Crippen LogP contribution in [0, 0.1) is 5.92 Å². The smallest absolute Gasteiger partial charge is 0.222 e. The van der Waals surface area contributed by atoms with Crippen molar-refractivity contribution in [3.63, 3.8) is 0 Å². The van der Waals surface area contributed by atoms with E-state index in [1.54, 1.807) is 0 Å². The van der Waals surface area contributed by atoms with Gasteiger partial charge in [0.1, 0.15) is 0 Å². The fourth-order valence-electron chi connectivity index (χ4n) is 1.40. The molecule has 6 nitrogen and oxygen atoms in total. The van der Waals surface area contributed by atoms with Gasteiger partial charge in [0.25, 0.3) is 0 Å². The fourth-order valence-corrected chi connectivity index (χ4v) is 1.40. The van der Waals surface area contributed by atoms with Crippen LogP contribution in [0.1, 0.15) is 13.3 Å². The maximum atomic E-state index is 10.7. The zero-order chi connectivity index (χ0) is 10.8. The van der Waals surface area contributed by atoms with Gasteiger partial charge in [0.2, 0.25) is 5.91 Å². The zero-order valence-corrected chi connectivity index (χ0v) is 7.82. The highest BCUT2D eigenvalue weighted by Crippen LogP contribution is 2.31. The fraction of sp³-hybridized carbons (Fsp3) is 0.750. The molecule has 80 valence electrons. The van der Waals surface area contributed by atoms with Crippen LogP contribution in [-0.2, 0) is 19.1 Å². The van der Waals surface area contributed by atoms with Crippen molar-refractivity contribution >= 4 is 11.9 Å². The molecule has 0 aliphatic carbocycles. The SMILES string of the molecule is CC(C(=O)[O-])C1(CC(N)=O)OCCO1. The lowest BCUT2D eigenvalue weighted by atomic mass is 9.97. The van der Waals surface area contributed by atoms with E-state index in [-0.39, 0.29) is 19.6 Å². The van der Waals surface area contributed by atoms with Crippen molar-refractivity contribution in [3.05, 3.63) is 0 Å². The number of nitrogens with two attached hydrogens (primary N) is 1. The molecule has 1 amide bonds. The molecule has 1 rings (SSSR count). The second-order valence-electron chi connectivity index (χ2n) is 3.19. The van der Waals surface area contributed by atoms with Gasteiger partial charge in [0, 0.05) is 5.97 Å². The molecule has 1 fully saturated rings. The quantitative estimate of drug-likeness (QED) is 0.567. The van der Waals surface area contributed by atoms with Crippen LogP contribution in [0.4, 0.5) is 0 Å². The van der Waals surface area contributed by atoms with Gasteiger partial charge in [-0.3, -0.25) is 4.79 Å². The van der Waals surface area contributed by atoms with Gasteiger partial charge in [0.15, 0.2) is 5.79 Å². The van der Waals surface area contributed by atoms with Crippen molar-refractivity contribution in [2.45, 2.75) is 19.1 Å². The third-order valence-electron chi connectivity index (χ3n) is 2.21. The lowest BCUT2D eigenvalue weighted by Gasteiger charge is -2.32. The predicted molar refractivity (Wildman–Crippen MR) is 42.6 cm³/mol. The molecular formula is C8H12NO5-. The summed E-state index contributed by atoms with van der Waals surface area (Å²) in [6, 6.07) is 0. The van der Waals surface area contributed by atoms with Crippen molar-refractivity contribution in [3.8, 4) is 0 Å². The molecule has 0 spiro atoms.